The molecule has 0 aliphatic carbocycles. The van der Waals surface area contributed by atoms with E-state index in [1.165, 1.54) is 18.2 Å². The molecule has 0 saturated heterocycles. The van der Waals surface area contributed by atoms with Crippen LogP contribution in [0.5, 0.6) is 0 Å². The first-order valence-corrected chi connectivity index (χ1v) is 7.15. The Hall–Kier alpha value is -2.40. The van der Waals surface area contributed by atoms with E-state index < -0.39 is 11.8 Å². The number of carbonyl (C=O) groups is 1. The Morgan fingerprint density at radius 2 is 1.91 bits per heavy atom. The molecule has 0 aromatic heterocycles. The maximum atomic E-state index is 13.1. The molecule has 5 heteroatoms. The van der Waals surface area contributed by atoms with Crippen LogP contribution in [0.4, 0.5) is 14.9 Å². The fourth-order valence-corrected chi connectivity index (χ4v) is 2.23. The van der Waals surface area contributed by atoms with Gasteiger partial charge in [0.05, 0.1) is 0 Å². The van der Waals surface area contributed by atoms with Crippen molar-refractivity contribution in [1.29, 1.82) is 0 Å². The standard InChI is InChI=1S/C17H19FN2O2/c18-15-7-4-8-16(11-15)20-17(22)19-12-14(9-10-21)13-5-2-1-3-6-13/h1-8,11,14,21H,9-10,12H2,(H2,19,20,22). The molecule has 0 aliphatic rings. The van der Waals surface area contributed by atoms with Crippen molar-refractivity contribution in [3.8, 4) is 0 Å². The molecule has 0 aliphatic heterocycles. The number of aliphatic hydroxyl groups excluding tert-OH is 1. The zero-order valence-corrected chi connectivity index (χ0v) is 12.1. The van der Waals surface area contributed by atoms with Crippen molar-refractivity contribution in [3.05, 3.63) is 66.0 Å². The smallest absolute Gasteiger partial charge is 0.319 e. The summed E-state index contributed by atoms with van der Waals surface area (Å²) < 4.78 is 13.1. The van der Waals surface area contributed by atoms with E-state index >= 15 is 0 Å². The number of benzene rings is 2. The minimum absolute atomic E-state index is 0.0319. The van der Waals surface area contributed by atoms with Gasteiger partial charge in [0.15, 0.2) is 0 Å². The Kier molecular flexibility index (Phi) is 5.91. The molecule has 4 nitrogen and oxygen atoms in total. The molecule has 0 saturated carbocycles. The van der Waals surface area contributed by atoms with Crippen LogP contribution in [-0.4, -0.2) is 24.3 Å². The molecule has 3 N–H and O–H groups in total. The van der Waals surface area contributed by atoms with Gasteiger partial charge in [0.25, 0.3) is 0 Å². The molecule has 2 aromatic rings. The summed E-state index contributed by atoms with van der Waals surface area (Å²) >= 11 is 0. The van der Waals surface area contributed by atoms with E-state index in [0.717, 1.165) is 5.56 Å². The SMILES string of the molecule is O=C(NCC(CCO)c1ccccc1)Nc1cccc(F)c1. The highest BCUT2D eigenvalue weighted by molar-refractivity contribution is 5.89. The molecule has 22 heavy (non-hydrogen) atoms. The van der Waals surface area contributed by atoms with Crippen LogP contribution in [0.15, 0.2) is 54.6 Å². The molecular weight excluding hydrogens is 283 g/mol. The summed E-state index contributed by atoms with van der Waals surface area (Å²) in [6.07, 6.45) is 0.560. The van der Waals surface area contributed by atoms with E-state index in [1.54, 1.807) is 6.07 Å². The van der Waals surface area contributed by atoms with Gasteiger partial charge in [-0.2, -0.15) is 0 Å². The third-order valence-corrected chi connectivity index (χ3v) is 3.34. The molecule has 0 bridgehead atoms. The maximum Gasteiger partial charge on any atom is 0.319 e. The van der Waals surface area contributed by atoms with Crippen LogP contribution in [0.3, 0.4) is 0 Å². The summed E-state index contributed by atoms with van der Waals surface area (Å²) in [6.45, 7) is 0.443. The van der Waals surface area contributed by atoms with Crippen LogP contribution in [0.1, 0.15) is 17.9 Å². The van der Waals surface area contributed by atoms with E-state index in [1.807, 2.05) is 30.3 Å². The fraction of sp³-hybridized carbons (Fsp3) is 0.235. The van der Waals surface area contributed by atoms with Crippen LogP contribution >= 0.6 is 0 Å². The lowest BCUT2D eigenvalue weighted by molar-refractivity contribution is 0.248. The third kappa shape index (κ3) is 4.86. The van der Waals surface area contributed by atoms with E-state index in [4.69, 9.17) is 5.11 Å². The predicted octanol–water partition coefficient (Wildman–Crippen LogP) is 3.11. The Morgan fingerprint density at radius 1 is 1.14 bits per heavy atom. The minimum Gasteiger partial charge on any atom is -0.396 e. The average molecular weight is 302 g/mol. The highest BCUT2D eigenvalue weighted by Gasteiger charge is 2.12. The molecule has 2 aromatic carbocycles. The molecule has 2 rings (SSSR count). The fourth-order valence-electron chi connectivity index (χ4n) is 2.23. The lowest BCUT2D eigenvalue weighted by Gasteiger charge is -2.17. The zero-order valence-electron chi connectivity index (χ0n) is 12.1. The number of halogens is 1. The second kappa shape index (κ2) is 8.14. The lowest BCUT2D eigenvalue weighted by atomic mass is 9.96. The molecule has 0 radical (unpaired) electrons. The summed E-state index contributed by atoms with van der Waals surface area (Å²) in [6, 6.07) is 15.0. The van der Waals surface area contributed by atoms with Crippen molar-refractivity contribution < 1.29 is 14.3 Å². The van der Waals surface area contributed by atoms with Gasteiger partial charge in [0, 0.05) is 24.8 Å². The van der Waals surface area contributed by atoms with Crippen molar-refractivity contribution in [3.63, 3.8) is 0 Å². The van der Waals surface area contributed by atoms with Gasteiger partial charge in [-0.15, -0.1) is 0 Å². The van der Waals surface area contributed by atoms with E-state index in [-0.39, 0.29) is 12.5 Å². The second-order valence-corrected chi connectivity index (χ2v) is 4.97. The summed E-state index contributed by atoms with van der Waals surface area (Å²) in [5.74, 6) is -0.371. The first kappa shape index (κ1) is 16.0. The Bertz CT molecular complexity index is 605. The Morgan fingerprint density at radius 3 is 2.59 bits per heavy atom. The molecule has 0 heterocycles. The Labute approximate surface area is 129 Å². The van der Waals surface area contributed by atoms with Gasteiger partial charge < -0.3 is 15.7 Å². The van der Waals surface area contributed by atoms with Gasteiger partial charge in [-0.05, 0) is 30.2 Å². The van der Waals surface area contributed by atoms with Gasteiger partial charge in [-0.1, -0.05) is 36.4 Å². The summed E-state index contributed by atoms with van der Waals surface area (Å²) in [5.41, 5.74) is 1.46. The van der Waals surface area contributed by atoms with Crippen LogP contribution < -0.4 is 10.6 Å². The van der Waals surface area contributed by atoms with Crippen molar-refractivity contribution in [2.45, 2.75) is 12.3 Å². The van der Waals surface area contributed by atoms with E-state index in [2.05, 4.69) is 10.6 Å². The monoisotopic (exact) mass is 302 g/mol. The molecular formula is C17H19FN2O2. The van der Waals surface area contributed by atoms with E-state index in [9.17, 15) is 9.18 Å². The predicted molar refractivity (Wildman–Crippen MR) is 84.3 cm³/mol. The topological polar surface area (TPSA) is 61.4 Å². The number of nitrogens with one attached hydrogen (secondary N) is 2. The largest absolute Gasteiger partial charge is 0.396 e. The third-order valence-electron chi connectivity index (χ3n) is 3.34. The van der Waals surface area contributed by atoms with Gasteiger partial charge >= 0.3 is 6.03 Å². The molecule has 1 unspecified atom stereocenters. The van der Waals surface area contributed by atoms with Crippen molar-refractivity contribution in [2.75, 3.05) is 18.5 Å². The number of amides is 2. The molecule has 2 amide bonds. The first-order chi connectivity index (χ1) is 10.7. The quantitative estimate of drug-likeness (QED) is 0.768. The van der Waals surface area contributed by atoms with Gasteiger partial charge in [-0.3, -0.25) is 0 Å². The van der Waals surface area contributed by atoms with E-state index in [0.29, 0.717) is 18.7 Å². The minimum atomic E-state index is -0.403. The van der Waals surface area contributed by atoms with Crippen LogP contribution in [0.25, 0.3) is 0 Å². The van der Waals surface area contributed by atoms with Crippen molar-refractivity contribution >= 4 is 11.7 Å². The van der Waals surface area contributed by atoms with Crippen molar-refractivity contribution in [2.24, 2.45) is 0 Å². The summed E-state index contributed by atoms with van der Waals surface area (Å²) in [5, 5.41) is 14.5. The molecule has 0 fully saturated rings. The molecule has 1 atom stereocenters. The Balaban J connectivity index is 1.90. The number of hydrogen-bond donors (Lipinski definition) is 3. The normalized spacial score (nSPS) is 11.7. The van der Waals surface area contributed by atoms with Crippen molar-refractivity contribution in [1.82, 2.24) is 5.32 Å². The summed E-state index contributed by atoms with van der Waals surface area (Å²) in [7, 11) is 0. The maximum absolute atomic E-state index is 13.1. The molecule has 0 spiro atoms. The summed E-state index contributed by atoms with van der Waals surface area (Å²) in [4.78, 5) is 11.9. The number of rotatable bonds is 6. The molecule has 116 valence electrons. The van der Waals surface area contributed by atoms with Crippen LogP contribution in [0, 0.1) is 5.82 Å². The van der Waals surface area contributed by atoms with Gasteiger partial charge in [-0.25, -0.2) is 9.18 Å². The van der Waals surface area contributed by atoms with Gasteiger partial charge in [0.2, 0.25) is 0 Å². The number of urea groups is 1. The number of carbonyl (C=O) groups excluding carboxylic acids is 1. The number of hydrogen-bond acceptors (Lipinski definition) is 2. The average Bonchev–Trinajstić information content (AvgIpc) is 2.52. The highest BCUT2D eigenvalue weighted by Crippen LogP contribution is 2.18. The zero-order chi connectivity index (χ0) is 15.8. The second-order valence-electron chi connectivity index (χ2n) is 4.97. The number of anilines is 1. The van der Waals surface area contributed by atoms with Crippen LogP contribution in [0.2, 0.25) is 0 Å². The van der Waals surface area contributed by atoms with Gasteiger partial charge in [0.1, 0.15) is 5.82 Å². The van der Waals surface area contributed by atoms with Crippen LogP contribution in [-0.2, 0) is 0 Å². The lowest BCUT2D eigenvalue weighted by Crippen LogP contribution is -2.32. The first-order valence-electron chi connectivity index (χ1n) is 7.15. The number of aliphatic hydroxyl groups is 1. The highest BCUT2D eigenvalue weighted by atomic mass is 19.1.